The first-order valence-corrected chi connectivity index (χ1v) is 7.16. The molecule has 3 N–H and O–H groups in total. The van der Waals surface area contributed by atoms with Crippen LogP contribution in [-0.2, 0) is 0 Å². The standard InChI is InChI=1S/C11H22N2O2S/c1-8(10(7-14)16-2)12-11(15)13-9-5-3-4-6-9/h8-10,14H,3-7H2,1-2H3,(H2,12,13,15). The molecule has 2 unspecified atom stereocenters. The molecule has 1 rings (SSSR count). The van der Waals surface area contributed by atoms with Crippen LogP contribution in [0.1, 0.15) is 32.6 Å². The summed E-state index contributed by atoms with van der Waals surface area (Å²) in [5.41, 5.74) is 0. The lowest BCUT2D eigenvalue weighted by Gasteiger charge is -2.22. The van der Waals surface area contributed by atoms with Gasteiger partial charge in [-0.05, 0) is 26.0 Å². The number of rotatable bonds is 5. The van der Waals surface area contributed by atoms with Crippen molar-refractivity contribution in [1.82, 2.24) is 10.6 Å². The van der Waals surface area contributed by atoms with Crippen LogP contribution in [-0.4, -0.2) is 41.3 Å². The summed E-state index contributed by atoms with van der Waals surface area (Å²) in [6.45, 7) is 2.01. The van der Waals surface area contributed by atoms with Crippen molar-refractivity contribution in [3.05, 3.63) is 0 Å². The van der Waals surface area contributed by atoms with Crippen LogP contribution in [0.15, 0.2) is 0 Å². The van der Waals surface area contributed by atoms with Gasteiger partial charge in [-0.1, -0.05) is 12.8 Å². The molecular weight excluding hydrogens is 224 g/mol. The number of carbonyl (C=O) groups excluding carboxylic acids is 1. The lowest BCUT2D eigenvalue weighted by Crippen LogP contribution is -2.48. The normalized spacial score (nSPS) is 20.4. The number of aliphatic hydroxyl groups is 1. The van der Waals surface area contributed by atoms with Gasteiger partial charge in [-0.25, -0.2) is 4.79 Å². The maximum atomic E-state index is 11.6. The molecule has 0 radical (unpaired) electrons. The maximum absolute atomic E-state index is 11.6. The van der Waals surface area contributed by atoms with Crippen LogP contribution in [0.5, 0.6) is 0 Å². The number of urea groups is 1. The Labute approximate surface area is 102 Å². The smallest absolute Gasteiger partial charge is 0.315 e. The van der Waals surface area contributed by atoms with E-state index < -0.39 is 0 Å². The third kappa shape index (κ3) is 4.22. The predicted octanol–water partition coefficient (Wildman–Crippen LogP) is 1.34. The second kappa shape index (κ2) is 7.01. The van der Waals surface area contributed by atoms with E-state index in [9.17, 15) is 4.79 Å². The number of hydrogen-bond donors (Lipinski definition) is 3. The molecule has 94 valence electrons. The lowest BCUT2D eigenvalue weighted by atomic mass is 10.2. The third-order valence-corrected chi connectivity index (χ3v) is 4.25. The third-order valence-electron chi connectivity index (χ3n) is 3.09. The molecule has 2 atom stereocenters. The molecule has 16 heavy (non-hydrogen) atoms. The molecule has 4 nitrogen and oxygen atoms in total. The van der Waals surface area contributed by atoms with Gasteiger partial charge in [-0.3, -0.25) is 0 Å². The van der Waals surface area contributed by atoms with Crippen LogP contribution in [0.3, 0.4) is 0 Å². The highest BCUT2D eigenvalue weighted by atomic mass is 32.2. The fraction of sp³-hybridized carbons (Fsp3) is 0.909. The molecule has 1 aliphatic rings. The van der Waals surface area contributed by atoms with Gasteiger partial charge < -0.3 is 15.7 Å². The first-order valence-electron chi connectivity index (χ1n) is 5.88. The topological polar surface area (TPSA) is 61.4 Å². The van der Waals surface area contributed by atoms with Gasteiger partial charge >= 0.3 is 6.03 Å². The first kappa shape index (κ1) is 13.6. The predicted molar refractivity (Wildman–Crippen MR) is 67.8 cm³/mol. The second-order valence-electron chi connectivity index (χ2n) is 4.34. The van der Waals surface area contributed by atoms with E-state index in [1.165, 1.54) is 12.8 Å². The van der Waals surface area contributed by atoms with E-state index in [4.69, 9.17) is 5.11 Å². The van der Waals surface area contributed by atoms with Crippen molar-refractivity contribution in [2.24, 2.45) is 0 Å². The van der Waals surface area contributed by atoms with Crippen LogP contribution >= 0.6 is 11.8 Å². The minimum Gasteiger partial charge on any atom is -0.395 e. The highest BCUT2D eigenvalue weighted by Crippen LogP contribution is 2.17. The van der Waals surface area contributed by atoms with Gasteiger partial charge in [-0.2, -0.15) is 11.8 Å². The number of hydrogen-bond acceptors (Lipinski definition) is 3. The van der Waals surface area contributed by atoms with Crippen molar-refractivity contribution in [3.63, 3.8) is 0 Å². The fourth-order valence-electron chi connectivity index (χ4n) is 2.03. The zero-order valence-corrected chi connectivity index (χ0v) is 10.8. The van der Waals surface area contributed by atoms with Crippen LogP contribution in [0.2, 0.25) is 0 Å². The summed E-state index contributed by atoms with van der Waals surface area (Å²) in [6, 6.07) is 0.224. The molecule has 0 heterocycles. The Bertz CT molecular complexity index is 216. The molecule has 5 heteroatoms. The van der Waals surface area contributed by atoms with Gasteiger partial charge in [0.1, 0.15) is 0 Å². The van der Waals surface area contributed by atoms with Crippen LogP contribution in [0.4, 0.5) is 4.79 Å². The Hall–Kier alpha value is -0.420. The van der Waals surface area contributed by atoms with Gasteiger partial charge in [0.2, 0.25) is 0 Å². The summed E-state index contributed by atoms with van der Waals surface area (Å²) >= 11 is 1.57. The molecule has 0 aliphatic heterocycles. The van der Waals surface area contributed by atoms with Gasteiger partial charge in [0.25, 0.3) is 0 Å². The van der Waals surface area contributed by atoms with Crippen molar-refractivity contribution >= 4 is 17.8 Å². The van der Waals surface area contributed by atoms with Gasteiger partial charge in [0.05, 0.1) is 6.61 Å². The van der Waals surface area contributed by atoms with E-state index in [1.807, 2.05) is 13.2 Å². The second-order valence-corrected chi connectivity index (χ2v) is 5.42. The summed E-state index contributed by atoms with van der Waals surface area (Å²) in [7, 11) is 0. The van der Waals surface area contributed by atoms with E-state index in [1.54, 1.807) is 11.8 Å². The van der Waals surface area contributed by atoms with Crippen molar-refractivity contribution in [2.45, 2.75) is 49.9 Å². The summed E-state index contributed by atoms with van der Waals surface area (Å²) in [4.78, 5) is 11.6. The monoisotopic (exact) mass is 246 g/mol. The molecule has 1 fully saturated rings. The van der Waals surface area contributed by atoms with E-state index in [0.717, 1.165) is 12.8 Å². The van der Waals surface area contributed by atoms with E-state index >= 15 is 0 Å². The SMILES string of the molecule is CSC(CO)C(C)NC(=O)NC1CCCC1. The molecule has 0 aromatic carbocycles. The average molecular weight is 246 g/mol. The van der Waals surface area contributed by atoms with Crippen LogP contribution < -0.4 is 10.6 Å². The summed E-state index contributed by atoms with van der Waals surface area (Å²) < 4.78 is 0. The molecule has 2 amide bonds. The quantitative estimate of drug-likeness (QED) is 0.686. The molecule has 0 bridgehead atoms. The minimum atomic E-state index is -0.105. The Morgan fingerprint density at radius 1 is 1.50 bits per heavy atom. The van der Waals surface area contributed by atoms with E-state index in [0.29, 0.717) is 6.04 Å². The van der Waals surface area contributed by atoms with Crippen molar-refractivity contribution < 1.29 is 9.90 Å². The average Bonchev–Trinajstić information content (AvgIpc) is 2.71. The highest BCUT2D eigenvalue weighted by molar-refractivity contribution is 7.99. The molecule has 0 spiro atoms. The maximum Gasteiger partial charge on any atom is 0.315 e. The van der Waals surface area contributed by atoms with Gasteiger partial charge in [0, 0.05) is 17.3 Å². The molecule has 1 aliphatic carbocycles. The summed E-state index contributed by atoms with van der Waals surface area (Å²) in [6.07, 6.45) is 6.55. The summed E-state index contributed by atoms with van der Waals surface area (Å²) in [5, 5.41) is 15.0. The molecular formula is C11H22N2O2S. The lowest BCUT2D eigenvalue weighted by molar-refractivity contribution is 0.229. The van der Waals surface area contributed by atoms with Crippen molar-refractivity contribution in [3.8, 4) is 0 Å². The Morgan fingerprint density at radius 2 is 2.12 bits per heavy atom. The van der Waals surface area contributed by atoms with Gasteiger partial charge in [0.15, 0.2) is 0 Å². The number of carbonyl (C=O) groups is 1. The van der Waals surface area contributed by atoms with Gasteiger partial charge in [-0.15, -0.1) is 0 Å². The number of aliphatic hydroxyl groups excluding tert-OH is 1. The Balaban J connectivity index is 2.26. The van der Waals surface area contributed by atoms with E-state index in [2.05, 4.69) is 10.6 Å². The Morgan fingerprint density at radius 3 is 2.62 bits per heavy atom. The molecule has 0 aromatic rings. The zero-order valence-electron chi connectivity index (χ0n) is 10.0. The Kier molecular flexibility index (Phi) is 5.98. The molecule has 0 saturated heterocycles. The van der Waals surface area contributed by atoms with Crippen molar-refractivity contribution in [1.29, 1.82) is 0 Å². The molecule has 0 aromatic heterocycles. The molecule has 1 saturated carbocycles. The first-order chi connectivity index (χ1) is 7.67. The number of amides is 2. The number of nitrogens with one attached hydrogen (secondary N) is 2. The largest absolute Gasteiger partial charge is 0.395 e. The van der Waals surface area contributed by atoms with Crippen LogP contribution in [0.25, 0.3) is 0 Å². The highest BCUT2D eigenvalue weighted by Gasteiger charge is 2.20. The fourth-order valence-corrected chi connectivity index (χ4v) is 2.66. The zero-order chi connectivity index (χ0) is 12.0. The minimum absolute atomic E-state index is 0.0126. The van der Waals surface area contributed by atoms with Crippen molar-refractivity contribution in [2.75, 3.05) is 12.9 Å². The van der Waals surface area contributed by atoms with E-state index in [-0.39, 0.29) is 23.9 Å². The number of thioether (sulfide) groups is 1. The van der Waals surface area contributed by atoms with Crippen LogP contribution in [0, 0.1) is 0 Å². The summed E-state index contributed by atoms with van der Waals surface area (Å²) in [5.74, 6) is 0.